The summed E-state index contributed by atoms with van der Waals surface area (Å²) in [6.45, 7) is 4.66. The van der Waals surface area contributed by atoms with Gasteiger partial charge in [0.1, 0.15) is 10.8 Å². The molecule has 0 aliphatic rings. The Morgan fingerprint density at radius 3 is 2.92 bits per heavy atom. The van der Waals surface area contributed by atoms with Crippen LogP contribution in [0.15, 0.2) is 6.07 Å². The molecule has 1 heterocycles. The van der Waals surface area contributed by atoms with E-state index in [2.05, 4.69) is 16.2 Å². The van der Waals surface area contributed by atoms with Crippen LogP contribution in [0.5, 0.6) is 0 Å². The molecule has 0 bridgehead atoms. The van der Waals surface area contributed by atoms with Crippen molar-refractivity contribution in [1.82, 2.24) is 4.37 Å². The standard InChI is InChI=1S/C8H15N3OS/c1-3-11(4-5-12-2)8-6-7(9)10-13-8/h6H,3-5H2,1-2H3,(H2,9,10). The topological polar surface area (TPSA) is 51.4 Å². The highest BCUT2D eigenvalue weighted by Crippen LogP contribution is 2.22. The van der Waals surface area contributed by atoms with Crippen LogP contribution in [-0.4, -0.2) is 31.2 Å². The average Bonchev–Trinajstić information content (AvgIpc) is 2.54. The van der Waals surface area contributed by atoms with E-state index in [0.717, 1.165) is 24.7 Å². The van der Waals surface area contributed by atoms with Crippen molar-refractivity contribution in [3.8, 4) is 0 Å². The number of likely N-dealkylation sites (N-methyl/N-ethyl adjacent to an activating group) is 1. The highest BCUT2D eigenvalue weighted by Gasteiger charge is 2.06. The van der Waals surface area contributed by atoms with Gasteiger partial charge in [0.05, 0.1) is 6.61 Å². The zero-order valence-corrected chi connectivity index (χ0v) is 8.80. The largest absolute Gasteiger partial charge is 0.383 e. The van der Waals surface area contributed by atoms with Crippen LogP contribution in [0.1, 0.15) is 6.92 Å². The van der Waals surface area contributed by atoms with Crippen LogP contribution < -0.4 is 10.6 Å². The number of methoxy groups -OCH3 is 1. The number of nitrogen functional groups attached to an aromatic ring is 1. The summed E-state index contributed by atoms with van der Waals surface area (Å²) in [6.07, 6.45) is 0. The first-order valence-electron chi connectivity index (χ1n) is 4.24. The smallest absolute Gasteiger partial charge is 0.139 e. The lowest BCUT2D eigenvalue weighted by atomic mass is 10.5. The summed E-state index contributed by atoms with van der Waals surface area (Å²) in [5, 5.41) is 1.11. The summed E-state index contributed by atoms with van der Waals surface area (Å²) in [5.41, 5.74) is 5.54. The molecule has 1 rings (SSSR count). The third-order valence-electron chi connectivity index (χ3n) is 1.77. The Bertz CT molecular complexity index is 251. The lowest BCUT2D eigenvalue weighted by molar-refractivity contribution is 0.205. The third-order valence-corrected chi connectivity index (χ3v) is 2.64. The summed E-state index contributed by atoms with van der Waals surface area (Å²) in [6, 6.07) is 1.89. The van der Waals surface area contributed by atoms with Crippen molar-refractivity contribution in [2.75, 3.05) is 37.4 Å². The van der Waals surface area contributed by atoms with E-state index in [1.807, 2.05) is 6.07 Å². The zero-order chi connectivity index (χ0) is 9.68. The van der Waals surface area contributed by atoms with Crippen molar-refractivity contribution in [2.24, 2.45) is 0 Å². The average molecular weight is 201 g/mol. The molecular weight excluding hydrogens is 186 g/mol. The maximum absolute atomic E-state index is 5.54. The molecule has 0 unspecified atom stereocenters. The summed E-state index contributed by atoms with van der Waals surface area (Å²) < 4.78 is 9.04. The molecule has 0 radical (unpaired) electrons. The molecule has 2 N–H and O–H groups in total. The second-order valence-corrected chi connectivity index (χ2v) is 3.45. The first-order chi connectivity index (χ1) is 6.27. The number of anilines is 2. The SMILES string of the molecule is CCN(CCOC)c1cc(N)ns1. The molecule has 0 saturated heterocycles. The van der Waals surface area contributed by atoms with Crippen molar-refractivity contribution in [1.29, 1.82) is 0 Å². The molecular formula is C8H15N3OS. The maximum atomic E-state index is 5.54. The first-order valence-corrected chi connectivity index (χ1v) is 5.01. The fraction of sp³-hybridized carbons (Fsp3) is 0.625. The van der Waals surface area contributed by atoms with Gasteiger partial charge in [0.15, 0.2) is 0 Å². The Morgan fingerprint density at radius 1 is 1.69 bits per heavy atom. The minimum atomic E-state index is 0.593. The number of nitrogens with zero attached hydrogens (tertiary/aromatic N) is 2. The fourth-order valence-corrected chi connectivity index (χ4v) is 1.81. The molecule has 0 aliphatic carbocycles. The van der Waals surface area contributed by atoms with Gasteiger partial charge in [-0.1, -0.05) is 0 Å². The van der Waals surface area contributed by atoms with E-state index in [9.17, 15) is 0 Å². The predicted octanol–water partition coefficient (Wildman–Crippen LogP) is 1.20. The van der Waals surface area contributed by atoms with E-state index in [4.69, 9.17) is 10.5 Å². The van der Waals surface area contributed by atoms with Crippen molar-refractivity contribution in [3.63, 3.8) is 0 Å². The number of nitrogens with two attached hydrogens (primary N) is 1. The molecule has 0 atom stereocenters. The van der Waals surface area contributed by atoms with Crippen LogP contribution in [0.4, 0.5) is 10.8 Å². The molecule has 0 aromatic carbocycles. The first kappa shape index (κ1) is 10.3. The highest BCUT2D eigenvalue weighted by atomic mass is 32.1. The monoisotopic (exact) mass is 201 g/mol. The zero-order valence-electron chi connectivity index (χ0n) is 7.99. The van der Waals surface area contributed by atoms with Gasteiger partial charge in [-0.05, 0) is 18.5 Å². The van der Waals surface area contributed by atoms with Gasteiger partial charge in [-0.2, -0.15) is 4.37 Å². The van der Waals surface area contributed by atoms with Gasteiger partial charge in [0.25, 0.3) is 0 Å². The molecule has 5 heteroatoms. The van der Waals surface area contributed by atoms with E-state index >= 15 is 0 Å². The van der Waals surface area contributed by atoms with Crippen LogP contribution in [0.3, 0.4) is 0 Å². The van der Waals surface area contributed by atoms with Gasteiger partial charge >= 0.3 is 0 Å². The lowest BCUT2D eigenvalue weighted by Gasteiger charge is -2.19. The second-order valence-electron chi connectivity index (χ2n) is 2.66. The minimum absolute atomic E-state index is 0.593. The van der Waals surface area contributed by atoms with E-state index < -0.39 is 0 Å². The predicted molar refractivity (Wildman–Crippen MR) is 56.3 cm³/mol. The number of hydrogen-bond donors (Lipinski definition) is 1. The number of rotatable bonds is 5. The molecule has 0 spiro atoms. The van der Waals surface area contributed by atoms with Crippen LogP contribution in [0, 0.1) is 0 Å². The number of aromatic nitrogens is 1. The van der Waals surface area contributed by atoms with Gasteiger partial charge < -0.3 is 15.4 Å². The summed E-state index contributed by atoms with van der Waals surface area (Å²) in [7, 11) is 1.70. The molecule has 0 amide bonds. The van der Waals surface area contributed by atoms with Crippen molar-refractivity contribution < 1.29 is 4.74 Å². The Morgan fingerprint density at radius 2 is 2.46 bits per heavy atom. The summed E-state index contributed by atoms with van der Waals surface area (Å²) in [4.78, 5) is 2.19. The van der Waals surface area contributed by atoms with Crippen molar-refractivity contribution >= 4 is 22.4 Å². The maximum Gasteiger partial charge on any atom is 0.139 e. The van der Waals surface area contributed by atoms with Gasteiger partial charge in [-0.15, -0.1) is 0 Å². The third kappa shape index (κ3) is 2.86. The molecule has 1 aromatic rings. The molecule has 0 aliphatic heterocycles. The van der Waals surface area contributed by atoms with E-state index in [-0.39, 0.29) is 0 Å². The van der Waals surface area contributed by atoms with Crippen LogP contribution in [0.2, 0.25) is 0 Å². The summed E-state index contributed by atoms with van der Waals surface area (Å²) in [5.74, 6) is 0.593. The van der Waals surface area contributed by atoms with E-state index in [1.165, 1.54) is 11.5 Å². The Hall–Kier alpha value is -0.810. The normalized spacial score (nSPS) is 10.3. The Balaban J connectivity index is 2.56. The fourth-order valence-electron chi connectivity index (χ4n) is 1.05. The molecule has 4 nitrogen and oxygen atoms in total. The quantitative estimate of drug-likeness (QED) is 0.777. The molecule has 74 valence electrons. The molecule has 0 saturated carbocycles. The minimum Gasteiger partial charge on any atom is -0.383 e. The Kier molecular flexibility index (Phi) is 3.98. The van der Waals surface area contributed by atoms with Crippen LogP contribution in [0.25, 0.3) is 0 Å². The molecule has 13 heavy (non-hydrogen) atoms. The highest BCUT2D eigenvalue weighted by molar-refractivity contribution is 7.10. The summed E-state index contributed by atoms with van der Waals surface area (Å²) >= 11 is 1.43. The van der Waals surface area contributed by atoms with Gasteiger partial charge in [-0.25, -0.2) is 0 Å². The van der Waals surface area contributed by atoms with Crippen molar-refractivity contribution in [3.05, 3.63) is 6.07 Å². The molecule has 0 fully saturated rings. The number of ether oxygens (including phenoxy) is 1. The number of hydrogen-bond acceptors (Lipinski definition) is 5. The lowest BCUT2D eigenvalue weighted by Crippen LogP contribution is -2.25. The van der Waals surface area contributed by atoms with Crippen molar-refractivity contribution in [2.45, 2.75) is 6.92 Å². The van der Waals surface area contributed by atoms with E-state index in [0.29, 0.717) is 5.82 Å². The van der Waals surface area contributed by atoms with Crippen LogP contribution >= 0.6 is 11.5 Å². The van der Waals surface area contributed by atoms with Crippen LogP contribution in [-0.2, 0) is 4.74 Å². The van der Waals surface area contributed by atoms with Gasteiger partial charge in [0.2, 0.25) is 0 Å². The second kappa shape index (κ2) is 5.04. The van der Waals surface area contributed by atoms with Gasteiger partial charge in [0, 0.05) is 26.3 Å². The van der Waals surface area contributed by atoms with Gasteiger partial charge in [-0.3, -0.25) is 0 Å². The molecule has 1 aromatic heterocycles. The Labute approximate surface area is 82.5 Å². The van der Waals surface area contributed by atoms with E-state index in [1.54, 1.807) is 7.11 Å².